The van der Waals surface area contributed by atoms with Gasteiger partial charge in [0, 0.05) is 24.7 Å². The second kappa shape index (κ2) is 12.2. The summed E-state index contributed by atoms with van der Waals surface area (Å²) in [5.74, 6) is -1.40. The van der Waals surface area contributed by atoms with Gasteiger partial charge < -0.3 is 15.2 Å². The SMILES string of the molecule is NC(=[NH+]C(=O)O)c1ccc(OCc2sc(-c3ccc(C(F)(F)F)cc3)nc2CNCc2ccc(F)cc2)cc1F. The molecule has 0 atom stereocenters. The van der Waals surface area contributed by atoms with Gasteiger partial charge in [0.15, 0.2) is 0 Å². The first-order chi connectivity index (χ1) is 19.0. The Morgan fingerprint density at radius 3 is 2.35 bits per heavy atom. The average Bonchev–Trinajstić information content (AvgIpc) is 3.30. The number of carbonyl (C=O) groups is 1. The van der Waals surface area contributed by atoms with Crippen LogP contribution in [0.15, 0.2) is 66.7 Å². The lowest BCUT2D eigenvalue weighted by molar-refractivity contribution is -0.364. The lowest BCUT2D eigenvalue weighted by Crippen LogP contribution is -2.79. The highest BCUT2D eigenvalue weighted by molar-refractivity contribution is 7.15. The van der Waals surface area contributed by atoms with Crippen LogP contribution in [0.2, 0.25) is 0 Å². The molecule has 0 radical (unpaired) electrons. The number of ether oxygens (including phenoxy) is 1. The number of amidine groups is 1. The summed E-state index contributed by atoms with van der Waals surface area (Å²) in [6, 6.07) is 14.3. The van der Waals surface area contributed by atoms with Crippen LogP contribution >= 0.6 is 11.3 Å². The molecule has 0 aliphatic rings. The molecule has 1 heterocycles. The first-order valence-electron chi connectivity index (χ1n) is 11.7. The summed E-state index contributed by atoms with van der Waals surface area (Å²) in [7, 11) is 0. The van der Waals surface area contributed by atoms with Crippen molar-refractivity contribution in [2.45, 2.75) is 25.9 Å². The molecule has 0 unspecified atom stereocenters. The van der Waals surface area contributed by atoms with Crippen LogP contribution in [-0.2, 0) is 25.9 Å². The molecule has 0 fully saturated rings. The molecular formula is C27H22F5N4O3S+. The van der Waals surface area contributed by atoms with Gasteiger partial charge in [0.2, 0.25) is 0 Å². The van der Waals surface area contributed by atoms with Crippen molar-refractivity contribution in [1.82, 2.24) is 10.3 Å². The Balaban J connectivity index is 1.54. The summed E-state index contributed by atoms with van der Waals surface area (Å²) in [6.45, 7) is 0.646. The van der Waals surface area contributed by atoms with E-state index in [2.05, 4.69) is 10.3 Å². The fourth-order valence-electron chi connectivity index (χ4n) is 3.62. The quantitative estimate of drug-likeness (QED) is 0.133. The molecular weight excluding hydrogens is 555 g/mol. The van der Waals surface area contributed by atoms with E-state index < -0.39 is 23.7 Å². The average molecular weight is 578 g/mol. The number of alkyl halides is 3. The van der Waals surface area contributed by atoms with Gasteiger partial charge in [-0.1, -0.05) is 24.3 Å². The maximum Gasteiger partial charge on any atom is 0.502 e. The zero-order valence-electron chi connectivity index (χ0n) is 20.6. The standard InChI is InChI=1S/C27H21F5N4O3S/c28-18-7-1-15(2-8-18)12-34-13-22-23(40-25(35-22)16-3-5-17(6-4-16)27(30,31)32)14-39-19-9-10-20(21(29)11-19)24(33)36-26(37)38/h1-11,34H,12-14H2,(H2,33,36)(H,37,38)/p+1. The number of amides is 1. The van der Waals surface area contributed by atoms with Crippen molar-refractivity contribution in [3.8, 4) is 16.3 Å². The van der Waals surface area contributed by atoms with Gasteiger partial charge in [-0.15, -0.1) is 11.3 Å². The molecule has 1 aromatic heterocycles. The van der Waals surface area contributed by atoms with Crippen molar-refractivity contribution < 1.29 is 41.6 Å². The minimum absolute atomic E-state index is 0.0305. The van der Waals surface area contributed by atoms with E-state index in [1.54, 1.807) is 12.1 Å². The Morgan fingerprint density at radius 2 is 1.73 bits per heavy atom. The van der Waals surface area contributed by atoms with Gasteiger partial charge in [-0.3, -0.25) is 5.73 Å². The lowest BCUT2D eigenvalue weighted by Gasteiger charge is -2.08. The monoisotopic (exact) mass is 577 g/mol. The number of rotatable bonds is 9. The zero-order valence-corrected chi connectivity index (χ0v) is 21.4. The second-order valence-electron chi connectivity index (χ2n) is 8.47. The molecule has 0 bridgehead atoms. The van der Waals surface area contributed by atoms with Crippen molar-refractivity contribution in [1.29, 1.82) is 0 Å². The highest BCUT2D eigenvalue weighted by Gasteiger charge is 2.30. The summed E-state index contributed by atoms with van der Waals surface area (Å²) in [5, 5.41) is 12.4. The van der Waals surface area contributed by atoms with Crippen LogP contribution in [0.25, 0.3) is 10.6 Å². The second-order valence-corrected chi connectivity index (χ2v) is 9.55. The lowest BCUT2D eigenvalue weighted by atomic mass is 10.1. The molecule has 4 rings (SSSR count). The molecule has 0 aliphatic carbocycles. The highest BCUT2D eigenvalue weighted by atomic mass is 32.1. The first kappa shape index (κ1) is 28.6. The number of nitrogens with zero attached hydrogens (tertiary/aromatic N) is 1. The molecule has 3 aromatic carbocycles. The maximum absolute atomic E-state index is 14.5. The molecule has 5 N–H and O–H groups in total. The number of thiazole rings is 1. The molecule has 13 heteroatoms. The smallest absolute Gasteiger partial charge is 0.488 e. The van der Waals surface area contributed by atoms with Crippen molar-refractivity contribution in [3.05, 3.63) is 106 Å². The third-order valence-electron chi connectivity index (χ3n) is 5.61. The molecule has 0 saturated heterocycles. The van der Waals surface area contributed by atoms with Crippen LogP contribution in [0.1, 0.15) is 27.3 Å². The molecule has 0 spiro atoms. The van der Waals surface area contributed by atoms with Crippen molar-refractivity contribution in [2.24, 2.45) is 5.73 Å². The van der Waals surface area contributed by atoms with Gasteiger partial charge in [0.1, 0.15) is 29.0 Å². The highest BCUT2D eigenvalue weighted by Crippen LogP contribution is 2.33. The summed E-state index contributed by atoms with van der Waals surface area (Å²) in [4.78, 5) is 17.9. The van der Waals surface area contributed by atoms with E-state index in [0.29, 0.717) is 27.7 Å². The number of hydrogen-bond donors (Lipinski definition) is 4. The maximum atomic E-state index is 14.5. The van der Waals surface area contributed by atoms with E-state index in [4.69, 9.17) is 15.6 Å². The molecule has 0 saturated carbocycles. The van der Waals surface area contributed by atoms with Crippen molar-refractivity contribution in [2.75, 3.05) is 0 Å². The number of hydrogen-bond acceptors (Lipinski definition) is 5. The Labute approximate surface area is 228 Å². The third kappa shape index (κ3) is 7.39. The molecule has 40 heavy (non-hydrogen) atoms. The van der Waals surface area contributed by atoms with Crippen molar-refractivity contribution in [3.63, 3.8) is 0 Å². The minimum Gasteiger partial charge on any atom is -0.488 e. The van der Waals surface area contributed by atoms with Gasteiger partial charge in [0.25, 0.3) is 5.84 Å². The minimum atomic E-state index is -4.47. The van der Waals surface area contributed by atoms with Gasteiger partial charge in [-0.2, -0.15) is 23.0 Å². The first-order valence-corrected chi connectivity index (χ1v) is 12.5. The van der Waals surface area contributed by atoms with Gasteiger partial charge in [-0.05, 0) is 42.0 Å². The molecule has 0 aliphatic heterocycles. The predicted octanol–water partition coefficient (Wildman–Crippen LogP) is 4.44. The third-order valence-corrected chi connectivity index (χ3v) is 6.73. The number of halogens is 5. The Hall–Kier alpha value is -4.36. The van der Waals surface area contributed by atoms with Gasteiger partial charge >= 0.3 is 12.3 Å². The van der Waals surface area contributed by atoms with Gasteiger partial charge in [0.05, 0.1) is 21.7 Å². The van der Waals surface area contributed by atoms with Crippen LogP contribution in [0.5, 0.6) is 5.75 Å². The van der Waals surface area contributed by atoms with Crippen LogP contribution in [0.3, 0.4) is 0 Å². The van der Waals surface area contributed by atoms with E-state index in [1.165, 1.54) is 47.7 Å². The Morgan fingerprint density at radius 1 is 1.02 bits per heavy atom. The molecule has 7 nitrogen and oxygen atoms in total. The van der Waals surface area contributed by atoms with Crippen LogP contribution in [0.4, 0.5) is 26.7 Å². The fourth-order valence-corrected chi connectivity index (χ4v) is 4.62. The molecule has 208 valence electrons. The summed E-state index contributed by atoms with van der Waals surface area (Å²) in [6.07, 6.45) is -5.90. The van der Waals surface area contributed by atoms with E-state index in [1.807, 2.05) is 4.99 Å². The van der Waals surface area contributed by atoms with E-state index in [0.717, 1.165) is 23.8 Å². The summed E-state index contributed by atoms with van der Waals surface area (Å²) >= 11 is 1.21. The summed E-state index contributed by atoms with van der Waals surface area (Å²) < 4.78 is 72.4. The topological polar surface area (TPSA) is 111 Å². The van der Waals surface area contributed by atoms with Crippen molar-refractivity contribution >= 4 is 23.3 Å². The number of carboxylic acid groups (broad SMARTS) is 1. The van der Waals surface area contributed by atoms with Crippen LogP contribution in [-0.4, -0.2) is 22.0 Å². The number of aromatic nitrogens is 1. The largest absolute Gasteiger partial charge is 0.502 e. The molecule has 4 aromatic rings. The Kier molecular flexibility index (Phi) is 8.75. The zero-order chi connectivity index (χ0) is 28.9. The van der Waals surface area contributed by atoms with Crippen LogP contribution < -0.4 is 20.8 Å². The fraction of sp³-hybridized carbons (Fsp3) is 0.148. The number of nitrogen functional groups attached to an aromatic ring is 1. The van der Waals surface area contributed by atoms with Gasteiger partial charge in [-0.25, -0.2) is 13.8 Å². The number of nitrogens with two attached hydrogens (primary N) is 1. The van der Waals surface area contributed by atoms with E-state index >= 15 is 0 Å². The number of benzene rings is 3. The summed E-state index contributed by atoms with van der Waals surface area (Å²) in [5.41, 5.74) is 6.53. The molecule has 1 amide bonds. The Bertz CT molecular complexity index is 1520. The number of nitrogens with one attached hydrogen (secondary N) is 2. The van der Waals surface area contributed by atoms with E-state index in [9.17, 15) is 26.7 Å². The normalized spacial score (nSPS) is 12.0. The van der Waals surface area contributed by atoms with E-state index in [-0.39, 0.29) is 36.1 Å². The predicted molar refractivity (Wildman–Crippen MR) is 138 cm³/mol. The van der Waals surface area contributed by atoms with Crippen LogP contribution in [0, 0.1) is 11.6 Å².